The minimum atomic E-state index is -0.353. The number of primary amides is 1. The molecule has 0 aliphatic rings. The van der Waals surface area contributed by atoms with Gasteiger partial charge in [0, 0.05) is 37.4 Å². The molecule has 0 bridgehead atoms. The lowest BCUT2D eigenvalue weighted by atomic mass is 10.2. The first kappa shape index (κ1) is 15.4. The second-order valence-corrected chi connectivity index (χ2v) is 4.91. The highest BCUT2D eigenvalue weighted by molar-refractivity contribution is 6.17. The van der Waals surface area contributed by atoms with Gasteiger partial charge in [-0.2, -0.15) is 0 Å². The van der Waals surface area contributed by atoms with Gasteiger partial charge in [-0.1, -0.05) is 0 Å². The van der Waals surface area contributed by atoms with E-state index in [1.165, 1.54) is 0 Å². The van der Waals surface area contributed by atoms with Crippen LogP contribution in [-0.2, 0) is 17.8 Å². The molecule has 0 atom stereocenters. The number of hydrogen-bond acceptors (Lipinski definition) is 4. The number of nitrogens with zero attached hydrogens (tertiary/aromatic N) is 2. The van der Waals surface area contributed by atoms with Gasteiger partial charge in [-0.05, 0) is 0 Å². The van der Waals surface area contributed by atoms with Crippen LogP contribution in [0, 0.1) is 0 Å². The summed E-state index contributed by atoms with van der Waals surface area (Å²) >= 11 is 5.82. The van der Waals surface area contributed by atoms with Gasteiger partial charge < -0.3 is 19.8 Å². The number of alkyl halides is 1. The number of methoxy groups -OCH3 is 2. The second-order valence-electron chi connectivity index (χ2n) is 4.53. The van der Waals surface area contributed by atoms with E-state index in [0.717, 1.165) is 16.9 Å². The maximum absolute atomic E-state index is 11.0. The Labute approximate surface area is 127 Å². The van der Waals surface area contributed by atoms with Gasteiger partial charge in [-0.3, -0.25) is 4.79 Å². The number of aryl methyl sites for hydroxylation is 2. The van der Waals surface area contributed by atoms with Crippen LogP contribution in [0.3, 0.4) is 0 Å². The molecule has 1 aromatic carbocycles. The molecule has 0 saturated carbocycles. The van der Waals surface area contributed by atoms with Crippen LogP contribution in [0.4, 0.5) is 0 Å². The first-order chi connectivity index (χ1) is 10.1. The van der Waals surface area contributed by atoms with Gasteiger partial charge in [0.05, 0.1) is 25.3 Å². The maximum atomic E-state index is 11.0. The van der Waals surface area contributed by atoms with E-state index in [-0.39, 0.29) is 12.3 Å². The summed E-state index contributed by atoms with van der Waals surface area (Å²) in [6.07, 6.45) is 0.856. The molecule has 114 valence electrons. The van der Waals surface area contributed by atoms with Crippen molar-refractivity contribution in [2.24, 2.45) is 5.73 Å². The number of imidazole rings is 1. The fourth-order valence-corrected chi connectivity index (χ4v) is 2.42. The zero-order valence-electron chi connectivity index (χ0n) is 12.1. The molecule has 21 heavy (non-hydrogen) atoms. The standard InChI is InChI=1S/C14H18ClN3O3/c1-20-11-7-9-10(8-12(11)21-2)18(6-4-13(16)19)14(17-9)3-5-15/h7-8H,3-6H2,1-2H3,(H2,16,19). The highest BCUT2D eigenvalue weighted by Crippen LogP contribution is 2.32. The molecule has 2 N–H and O–H groups in total. The highest BCUT2D eigenvalue weighted by Gasteiger charge is 2.15. The number of amides is 1. The Bertz CT molecular complexity index is 654. The number of benzene rings is 1. The van der Waals surface area contributed by atoms with E-state index in [0.29, 0.717) is 30.3 Å². The second kappa shape index (κ2) is 6.67. The van der Waals surface area contributed by atoms with Gasteiger partial charge in [0.1, 0.15) is 5.82 Å². The fourth-order valence-electron chi connectivity index (χ4n) is 2.25. The Kier molecular flexibility index (Phi) is 4.90. The van der Waals surface area contributed by atoms with Gasteiger partial charge in [0.2, 0.25) is 5.91 Å². The monoisotopic (exact) mass is 311 g/mol. The van der Waals surface area contributed by atoms with Gasteiger partial charge in [-0.25, -0.2) is 4.98 Å². The molecule has 1 heterocycles. The molecule has 6 nitrogen and oxygen atoms in total. The lowest BCUT2D eigenvalue weighted by Crippen LogP contribution is -2.15. The molecule has 2 aromatic rings. The highest BCUT2D eigenvalue weighted by atomic mass is 35.5. The van der Waals surface area contributed by atoms with Crippen molar-refractivity contribution in [3.05, 3.63) is 18.0 Å². The van der Waals surface area contributed by atoms with E-state index in [9.17, 15) is 4.79 Å². The summed E-state index contributed by atoms with van der Waals surface area (Å²) in [6, 6.07) is 3.66. The van der Waals surface area contributed by atoms with Crippen molar-refractivity contribution in [3.8, 4) is 11.5 Å². The summed E-state index contributed by atoms with van der Waals surface area (Å²) in [5.74, 6) is 2.14. The Morgan fingerprint density at radius 2 is 2.00 bits per heavy atom. The zero-order chi connectivity index (χ0) is 15.4. The molecule has 1 aromatic heterocycles. The molecule has 1 amide bonds. The molecular weight excluding hydrogens is 294 g/mol. The predicted octanol–water partition coefficient (Wildman–Crippen LogP) is 1.71. The molecule has 0 radical (unpaired) electrons. The normalized spacial score (nSPS) is 10.8. The van der Waals surface area contributed by atoms with Crippen LogP contribution in [0.15, 0.2) is 12.1 Å². The SMILES string of the molecule is COc1cc2nc(CCCl)n(CCC(N)=O)c2cc1OC. The third-order valence-electron chi connectivity index (χ3n) is 3.23. The van der Waals surface area contributed by atoms with Crippen LogP contribution in [-0.4, -0.2) is 35.6 Å². The van der Waals surface area contributed by atoms with Crippen LogP contribution in [0.5, 0.6) is 11.5 Å². The Morgan fingerprint density at radius 1 is 1.33 bits per heavy atom. The summed E-state index contributed by atoms with van der Waals surface area (Å²) in [5, 5.41) is 0. The van der Waals surface area contributed by atoms with Gasteiger partial charge in [0.25, 0.3) is 0 Å². The number of nitrogens with two attached hydrogens (primary N) is 1. The molecular formula is C14H18ClN3O3. The molecule has 7 heteroatoms. The van der Waals surface area contributed by atoms with Crippen LogP contribution >= 0.6 is 11.6 Å². The summed E-state index contributed by atoms with van der Waals surface area (Å²) in [5.41, 5.74) is 6.88. The lowest BCUT2D eigenvalue weighted by molar-refractivity contribution is -0.118. The Morgan fingerprint density at radius 3 is 2.57 bits per heavy atom. The van der Waals surface area contributed by atoms with Crippen LogP contribution < -0.4 is 15.2 Å². The summed E-state index contributed by atoms with van der Waals surface area (Å²) in [6.45, 7) is 0.466. The third kappa shape index (κ3) is 3.21. The van der Waals surface area contributed by atoms with Crippen LogP contribution in [0.1, 0.15) is 12.2 Å². The summed E-state index contributed by atoms with van der Waals surface area (Å²) in [7, 11) is 3.15. The maximum Gasteiger partial charge on any atom is 0.219 e. The summed E-state index contributed by atoms with van der Waals surface area (Å²) in [4.78, 5) is 15.6. The van der Waals surface area contributed by atoms with Crippen molar-refractivity contribution in [2.75, 3.05) is 20.1 Å². The molecule has 0 spiro atoms. The van der Waals surface area contributed by atoms with Crippen molar-refractivity contribution in [3.63, 3.8) is 0 Å². The number of aromatic nitrogens is 2. The van der Waals surface area contributed by atoms with E-state index in [4.69, 9.17) is 26.8 Å². The van der Waals surface area contributed by atoms with Crippen molar-refractivity contribution in [2.45, 2.75) is 19.4 Å². The number of hydrogen-bond donors (Lipinski definition) is 1. The quantitative estimate of drug-likeness (QED) is 0.789. The predicted molar refractivity (Wildman–Crippen MR) is 81.1 cm³/mol. The van der Waals surface area contributed by atoms with Crippen LogP contribution in [0.2, 0.25) is 0 Å². The average Bonchev–Trinajstić information content (AvgIpc) is 2.80. The van der Waals surface area contributed by atoms with E-state index in [2.05, 4.69) is 4.98 Å². The van der Waals surface area contributed by atoms with Crippen molar-refractivity contribution in [1.82, 2.24) is 9.55 Å². The van der Waals surface area contributed by atoms with E-state index in [1.54, 1.807) is 14.2 Å². The number of carbonyl (C=O) groups is 1. The zero-order valence-corrected chi connectivity index (χ0v) is 12.8. The van der Waals surface area contributed by atoms with Crippen molar-refractivity contribution in [1.29, 1.82) is 0 Å². The molecule has 0 unspecified atom stereocenters. The largest absolute Gasteiger partial charge is 0.493 e. The topological polar surface area (TPSA) is 79.4 Å². The number of fused-ring (bicyclic) bond motifs is 1. The molecule has 0 aliphatic heterocycles. The van der Waals surface area contributed by atoms with E-state index < -0.39 is 0 Å². The molecule has 0 saturated heterocycles. The van der Waals surface area contributed by atoms with Crippen LogP contribution in [0.25, 0.3) is 11.0 Å². The number of rotatable bonds is 7. The lowest BCUT2D eigenvalue weighted by Gasteiger charge is -2.10. The van der Waals surface area contributed by atoms with Gasteiger partial charge in [0.15, 0.2) is 11.5 Å². The Balaban J connectivity index is 2.55. The van der Waals surface area contributed by atoms with Crippen molar-refractivity contribution < 1.29 is 14.3 Å². The first-order valence-corrected chi connectivity index (χ1v) is 7.09. The fraction of sp³-hybridized carbons (Fsp3) is 0.429. The van der Waals surface area contributed by atoms with Gasteiger partial charge in [-0.15, -0.1) is 11.6 Å². The smallest absolute Gasteiger partial charge is 0.219 e. The number of ether oxygens (including phenoxy) is 2. The van der Waals surface area contributed by atoms with Gasteiger partial charge >= 0.3 is 0 Å². The third-order valence-corrected chi connectivity index (χ3v) is 3.42. The average molecular weight is 312 g/mol. The first-order valence-electron chi connectivity index (χ1n) is 6.56. The molecule has 0 fully saturated rings. The number of halogens is 1. The Hall–Kier alpha value is -1.95. The molecule has 0 aliphatic carbocycles. The van der Waals surface area contributed by atoms with Crippen molar-refractivity contribution >= 4 is 28.5 Å². The summed E-state index contributed by atoms with van der Waals surface area (Å²) < 4.78 is 12.5. The molecule has 2 rings (SSSR count). The minimum absolute atomic E-state index is 0.245. The number of carbonyl (C=O) groups excluding carboxylic acids is 1. The van der Waals surface area contributed by atoms with E-state index >= 15 is 0 Å². The minimum Gasteiger partial charge on any atom is -0.493 e. The van der Waals surface area contributed by atoms with E-state index in [1.807, 2.05) is 16.7 Å².